The van der Waals surface area contributed by atoms with Crippen LogP contribution in [0.3, 0.4) is 0 Å². The fraction of sp³-hybridized carbons (Fsp3) is 0.357. The SMILES string of the molecule is CCCCN(CCCC)c1ccc(C=Cc2ccc(N(C)C)c3ccccc23)cc1. The third-order valence-corrected chi connectivity index (χ3v) is 5.69. The Morgan fingerprint density at radius 2 is 1.33 bits per heavy atom. The van der Waals surface area contributed by atoms with E-state index in [0.717, 1.165) is 13.1 Å². The zero-order chi connectivity index (χ0) is 21.3. The van der Waals surface area contributed by atoms with Gasteiger partial charge in [0.2, 0.25) is 0 Å². The molecular formula is C28H36N2. The van der Waals surface area contributed by atoms with E-state index in [1.165, 1.54) is 59.0 Å². The van der Waals surface area contributed by atoms with Crippen molar-refractivity contribution in [3.05, 3.63) is 71.8 Å². The molecule has 0 unspecified atom stereocenters. The normalized spacial score (nSPS) is 11.3. The summed E-state index contributed by atoms with van der Waals surface area (Å²) in [4.78, 5) is 4.71. The number of hydrogen-bond donors (Lipinski definition) is 0. The Labute approximate surface area is 182 Å². The number of fused-ring (bicyclic) bond motifs is 1. The van der Waals surface area contributed by atoms with Crippen molar-refractivity contribution in [2.75, 3.05) is 37.0 Å². The molecule has 0 atom stereocenters. The Morgan fingerprint density at radius 3 is 1.93 bits per heavy atom. The molecule has 0 fully saturated rings. The van der Waals surface area contributed by atoms with E-state index in [0.29, 0.717) is 0 Å². The van der Waals surface area contributed by atoms with Crippen LogP contribution in [-0.4, -0.2) is 27.2 Å². The van der Waals surface area contributed by atoms with E-state index in [2.05, 4.69) is 111 Å². The van der Waals surface area contributed by atoms with Crippen LogP contribution in [0, 0.1) is 0 Å². The molecule has 0 radical (unpaired) electrons. The van der Waals surface area contributed by atoms with Gasteiger partial charge in [-0.15, -0.1) is 0 Å². The van der Waals surface area contributed by atoms with Gasteiger partial charge in [-0.2, -0.15) is 0 Å². The van der Waals surface area contributed by atoms with Crippen molar-refractivity contribution >= 4 is 34.3 Å². The van der Waals surface area contributed by atoms with E-state index in [9.17, 15) is 0 Å². The molecule has 0 spiro atoms. The van der Waals surface area contributed by atoms with Crippen LogP contribution >= 0.6 is 0 Å². The molecule has 0 aliphatic heterocycles. The van der Waals surface area contributed by atoms with E-state index < -0.39 is 0 Å². The van der Waals surface area contributed by atoms with Gasteiger partial charge in [0.05, 0.1) is 0 Å². The van der Waals surface area contributed by atoms with Gasteiger partial charge in [0, 0.05) is 43.9 Å². The van der Waals surface area contributed by atoms with E-state index in [1.54, 1.807) is 0 Å². The molecule has 0 saturated carbocycles. The van der Waals surface area contributed by atoms with Crippen molar-refractivity contribution in [1.82, 2.24) is 0 Å². The van der Waals surface area contributed by atoms with E-state index in [4.69, 9.17) is 0 Å². The smallest absolute Gasteiger partial charge is 0.0441 e. The van der Waals surface area contributed by atoms with Crippen molar-refractivity contribution in [2.45, 2.75) is 39.5 Å². The highest BCUT2D eigenvalue weighted by Crippen LogP contribution is 2.29. The molecule has 0 aliphatic rings. The van der Waals surface area contributed by atoms with E-state index in [1.807, 2.05) is 0 Å². The summed E-state index contributed by atoms with van der Waals surface area (Å²) in [6.07, 6.45) is 9.45. The Morgan fingerprint density at radius 1 is 0.700 bits per heavy atom. The summed E-state index contributed by atoms with van der Waals surface area (Å²) in [5, 5.41) is 2.59. The Bertz CT molecular complexity index is 946. The van der Waals surface area contributed by atoms with Gasteiger partial charge in [0.25, 0.3) is 0 Å². The van der Waals surface area contributed by atoms with Crippen LogP contribution in [0.1, 0.15) is 50.7 Å². The summed E-state index contributed by atoms with van der Waals surface area (Å²) in [7, 11) is 4.20. The summed E-state index contributed by atoms with van der Waals surface area (Å²) in [6, 6.07) is 22.1. The predicted octanol–water partition coefficient (Wildman–Crippen LogP) is 7.48. The third kappa shape index (κ3) is 5.44. The average Bonchev–Trinajstić information content (AvgIpc) is 2.78. The zero-order valence-electron chi connectivity index (χ0n) is 19.1. The van der Waals surface area contributed by atoms with Crippen LogP contribution in [0.5, 0.6) is 0 Å². The minimum absolute atomic E-state index is 1.15. The molecule has 0 bridgehead atoms. The second-order valence-electron chi connectivity index (χ2n) is 8.23. The highest BCUT2D eigenvalue weighted by molar-refractivity contribution is 6.00. The van der Waals surface area contributed by atoms with Gasteiger partial charge in [-0.05, 0) is 47.6 Å². The first-order chi connectivity index (χ1) is 14.6. The van der Waals surface area contributed by atoms with Crippen molar-refractivity contribution < 1.29 is 0 Å². The molecule has 0 aliphatic carbocycles. The van der Waals surface area contributed by atoms with Crippen LogP contribution in [0.15, 0.2) is 60.7 Å². The molecule has 2 heteroatoms. The first kappa shape index (κ1) is 22.0. The van der Waals surface area contributed by atoms with Crippen LogP contribution in [0.25, 0.3) is 22.9 Å². The standard InChI is InChI=1S/C28H36N2/c1-5-7-21-30(22-8-6-2)25-18-14-23(15-19-25)13-16-24-17-20-28(29(3)4)27-12-10-9-11-26(24)27/h9-20H,5-8,21-22H2,1-4H3. The van der Waals surface area contributed by atoms with Gasteiger partial charge in [-0.25, -0.2) is 0 Å². The average molecular weight is 401 g/mol. The molecule has 3 aromatic rings. The Hall–Kier alpha value is -2.74. The Balaban J connectivity index is 1.81. The first-order valence-electron chi connectivity index (χ1n) is 11.4. The van der Waals surface area contributed by atoms with E-state index in [-0.39, 0.29) is 0 Å². The molecule has 0 N–H and O–H groups in total. The second-order valence-corrected chi connectivity index (χ2v) is 8.23. The molecule has 30 heavy (non-hydrogen) atoms. The molecule has 0 heterocycles. The zero-order valence-corrected chi connectivity index (χ0v) is 19.1. The van der Waals surface area contributed by atoms with Gasteiger partial charge in [-0.1, -0.05) is 81.3 Å². The largest absolute Gasteiger partial charge is 0.377 e. The highest BCUT2D eigenvalue weighted by atomic mass is 15.1. The predicted molar refractivity (Wildman–Crippen MR) is 136 cm³/mol. The fourth-order valence-corrected chi connectivity index (χ4v) is 3.89. The summed E-state index contributed by atoms with van der Waals surface area (Å²) in [6.45, 7) is 6.83. The minimum Gasteiger partial charge on any atom is -0.377 e. The summed E-state index contributed by atoms with van der Waals surface area (Å²) < 4.78 is 0. The molecular weight excluding hydrogens is 364 g/mol. The molecule has 3 rings (SSSR count). The lowest BCUT2D eigenvalue weighted by Gasteiger charge is -2.24. The number of unbranched alkanes of at least 4 members (excludes halogenated alkanes) is 2. The van der Waals surface area contributed by atoms with Crippen LogP contribution < -0.4 is 9.80 Å². The van der Waals surface area contributed by atoms with Gasteiger partial charge < -0.3 is 9.80 Å². The lowest BCUT2D eigenvalue weighted by Crippen LogP contribution is -2.25. The molecule has 0 saturated heterocycles. The van der Waals surface area contributed by atoms with Gasteiger partial charge in [-0.3, -0.25) is 0 Å². The van der Waals surface area contributed by atoms with E-state index >= 15 is 0 Å². The van der Waals surface area contributed by atoms with Crippen LogP contribution in [0.4, 0.5) is 11.4 Å². The number of hydrogen-bond acceptors (Lipinski definition) is 2. The quantitative estimate of drug-likeness (QED) is 0.325. The molecule has 0 aromatic heterocycles. The maximum absolute atomic E-state index is 2.54. The Kier molecular flexibility index (Phi) is 7.96. The molecule has 0 amide bonds. The maximum Gasteiger partial charge on any atom is 0.0441 e. The maximum atomic E-state index is 2.54. The van der Waals surface area contributed by atoms with Crippen molar-refractivity contribution in [3.8, 4) is 0 Å². The van der Waals surface area contributed by atoms with Crippen molar-refractivity contribution in [3.63, 3.8) is 0 Å². The number of rotatable bonds is 10. The first-order valence-corrected chi connectivity index (χ1v) is 11.4. The van der Waals surface area contributed by atoms with Gasteiger partial charge in [0.1, 0.15) is 0 Å². The van der Waals surface area contributed by atoms with Crippen LogP contribution in [-0.2, 0) is 0 Å². The lowest BCUT2D eigenvalue weighted by molar-refractivity contribution is 0.678. The van der Waals surface area contributed by atoms with Crippen molar-refractivity contribution in [2.24, 2.45) is 0 Å². The van der Waals surface area contributed by atoms with Crippen molar-refractivity contribution in [1.29, 1.82) is 0 Å². The minimum atomic E-state index is 1.15. The van der Waals surface area contributed by atoms with Crippen LogP contribution in [0.2, 0.25) is 0 Å². The fourth-order valence-electron chi connectivity index (χ4n) is 3.89. The third-order valence-electron chi connectivity index (χ3n) is 5.69. The topological polar surface area (TPSA) is 6.48 Å². The molecule has 3 aromatic carbocycles. The molecule has 158 valence electrons. The summed E-state index contributed by atoms with van der Waals surface area (Å²) in [5.74, 6) is 0. The van der Waals surface area contributed by atoms with Gasteiger partial charge in [0.15, 0.2) is 0 Å². The number of nitrogens with zero attached hydrogens (tertiary/aromatic N) is 2. The lowest BCUT2D eigenvalue weighted by atomic mass is 10.0. The summed E-state index contributed by atoms with van der Waals surface area (Å²) >= 11 is 0. The summed E-state index contributed by atoms with van der Waals surface area (Å²) in [5.41, 5.74) is 5.10. The highest BCUT2D eigenvalue weighted by Gasteiger charge is 2.07. The number of anilines is 2. The second kappa shape index (κ2) is 10.9. The van der Waals surface area contributed by atoms with Gasteiger partial charge >= 0.3 is 0 Å². The monoisotopic (exact) mass is 400 g/mol. The molecule has 2 nitrogen and oxygen atoms in total. The number of benzene rings is 3.